The average molecular weight is 338 g/mol. The van der Waals surface area contributed by atoms with Crippen molar-refractivity contribution in [1.82, 2.24) is 10.2 Å². The summed E-state index contributed by atoms with van der Waals surface area (Å²) in [5, 5.41) is 2.37. The van der Waals surface area contributed by atoms with Gasteiger partial charge in [-0.25, -0.2) is 0 Å². The second kappa shape index (κ2) is 9.91. The Morgan fingerprint density at radius 3 is 2.41 bits per heavy atom. The molecular formula is C13H18ClF2N3O3. The zero-order chi connectivity index (χ0) is 15.8. The molecule has 124 valence electrons. The minimum absolute atomic E-state index is 0. The van der Waals surface area contributed by atoms with E-state index < -0.39 is 12.5 Å². The van der Waals surface area contributed by atoms with Gasteiger partial charge in [0, 0.05) is 13.6 Å². The van der Waals surface area contributed by atoms with Crippen LogP contribution in [0.3, 0.4) is 0 Å². The quantitative estimate of drug-likeness (QED) is 0.768. The molecule has 2 amide bonds. The van der Waals surface area contributed by atoms with Gasteiger partial charge in [0.05, 0.1) is 13.1 Å². The predicted octanol–water partition coefficient (Wildman–Crippen LogP) is 0.743. The Bertz CT molecular complexity index is 486. The molecule has 0 aromatic heterocycles. The maximum absolute atomic E-state index is 12.0. The number of amides is 2. The summed E-state index contributed by atoms with van der Waals surface area (Å²) in [7, 11) is 1.57. The normalized spacial score (nSPS) is 9.86. The van der Waals surface area contributed by atoms with Crippen LogP contribution in [0.25, 0.3) is 0 Å². The minimum atomic E-state index is -2.87. The molecule has 3 N–H and O–H groups in total. The standard InChI is InChI=1S/C13H17F2N3O3.ClH/c1-18(12(20)7-17-11(19)6-16)8-9-2-4-10(5-3-9)21-13(14)15;/h2-5,13H,6-8,16H2,1H3,(H,17,19);1H. The molecular weight excluding hydrogens is 320 g/mol. The number of ether oxygens (including phenoxy) is 1. The Balaban J connectivity index is 0.00000441. The number of rotatable bonds is 7. The molecule has 0 aliphatic rings. The highest BCUT2D eigenvalue weighted by molar-refractivity contribution is 5.85. The van der Waals surface area contributed by atoms with Crippen molar-refractivity contribution in [1.29, 1.82) is 0 Å². The van der Waals surface area contributed by atoms with E-state index in [-0.39, 0.29) is 43.7 Å². The molecule has 0 atom stereocenters. The van der Waals surface area contributed by atoms with Crippen molar-refractivity contribution in [2.24, 2.45) is 5.73 Å². The molecule has 0 saturated carbocycles. The lowest BCUT2D eigenvalue weighted by Gasteiger charge is -2.17. The number of nitrogens with zero attached hydrogens (tertiary/aromatic N) is 1. The van der Waals surface area contributed by atoms with Gasteiger partial charge < -0.3 is 20.7 Å². The van der Waals surface area contributed by atoms with Crippen molar-refractivity contribution < 1.29 is 23.1 Å². The van der Waals surface area contributed by atoms with Crippen LogP contribution in [0.2, 0.25) is 0 Å². The number of nitrogens with one attached hydrogen (secondary N) is 1. The number of carbonyl (C=O) groups excluding carboxylic acids is 2. The van der Waals surface area contributed by atoms with Crippen molar-refractivity contribution in [3.05, 3.63) is 29.8 Å². The van der Waals surface area contributed by atoms with Crippen molar-refractivity contribution in [2.45, 2.75) is 13.2 Å². The second-order valence-electron chi connectivity index (χ2n) is 4.25. The minimum Gasteiger partial charge on any atom is -0.435 e. The van der Waals surface area contributed by atoms with E-state index in [0.29, 0.717) is 0 Å². The lowest BCUT2D eigenvalue weighted by molar-refractivity contribution is -0.131. The van der Waals surface area contributed by atoms with E-state index in [1.54, 1.807) is 19.2 Å². The number of alkyl halides is 2. The number of nitrogens with two attached hydrogens (primary N) is 1. The fraction of sp³-hybridized carbons (Fsp3) is 0.385. The van der Waals surface area contributed by atoms with Crippen LogP contribution in [-0.4, -0.2) is 43.5 Å². The largest absolute Gasteiger partial charge is 0.435 e. The Hall–Kier alpha value is -1.93. The second-order valence-corrected chi connectivity index (χ2v) is 4.25. The maximum Gasteiger partial charge on any atom is 0.387 e. The van der Waals surface area contributed by atoms with Crippen LogP contribution < -0.4 is 15.8 Å². The van der Waals surface area contributed by atoms with E-state index in [1.807, 2.05) is 0 Å². The first-order chi connectivity index (χ1) is 9.92. The molecule has 1 rings (SSSR count). The summed E-state index contributed by atoms with van der Waals surface area (Å²) in [4.78, 5) is 24.1. The molecule has 0 bridgehead atoms. The van der Waals surface area contributed by atoms with Gasteiger partial charge >= 0.3 is 6.61 Å². The average Bonchev–Trinajstić information content (AvgIpc) is 2.45. The molecule has 0 aliphatic carbocycles. The van der Waals surface area contributed by atoms with Gasteiger partial charge in [0.2, 0.25) is 11.8 Å². The lowest BCUT2D eigenvalue weighted by Crippen LogP contribution is -2.40. The Kier molecular flexibility index (Phi) is 9.04. The van der Waals surface area contributed by atoms with Crippen LogP contribution in [0.1, 0.15) is 5.56 Å². The monoisotopic (exact) mass is 337 g/mol. The van der Waals surface area contributed by atoms with Gasteiger partial charge in [0.25, 0.3) is 0 Å². The van der Waals surface area contributed by atoms with Gasteiger partial charge in [0.15, 0.2) is 0 Å². The fourth-order valence-electron chi connectivity index (χ4n) is 1.52. The first kappa shape index (κ1) is 20.1. The van der Waals surface area contributed by atoms with Gasteiger partial charge in [0.1, 0.15) is 5.75 Å². The molecule has 0 fully saturated rings. The molecule has 0 heterocycles. The number of halogens is 3. The third kappa shape index (κ3) is 7.19. The van der Waals surface area contributed by atoms with E-state index in [4.69, 9.17) is 5.73 Å². The summed E-state index contributed by atoms with van der Waals surface area (Å²) in [5.74, 6) is -0.645. The van der Waals surface area contributed by atoms with Crippen LogP contribution in [0.5, 0.6) is 5.75 Å². The molecule has 0 saturated heterocycles. The number of carbonyl (C=O) groups is 2. The Morgan fingerprint density at radius 2 is 1.91 bits per heavy atom. The topological polar surface area (TPSA) is 84.7 Å². The summed E-state index contributed by atoms with van der Waals surface area (Å²) >= 11 is 0. The number of hydrogen-bond acceptors (Lipinski definition) is 4. The molecule has 9 heteroatoms. The predicted molar refractivity (Wildman–Crippen MR) is 78.9 cm³/mol. The first-order valence-corrected chi connectivity index (χ1v) is 6.17. The summed E-state index contributed by atoms with van der Waals surface area (Å²) in [6.45, 7) is -2.90. The Labute approximate surface area is 133 Å². The van der Waals surface area contributed by atoms with Gasteiger partial charge in [-0.1, -0.05) is 12.1 Å². The van der Waals surface area contributed by atoms with Crippen LogP contribution in [0.15, 0.2) is 24.3 Å². The van der Waals surface area contributed by atoms with Gasteiger partial charge in [-0.3, -0.25) is 9.59 Å². The van der Waals surface area contributed by atoms with Crippen LogP contribution in [0.4, 0.5) is 8.78 Å². The summed E-state index contributed by atoms with van der Waals surface area (Å²) in [5.41, 5.74) is 5.85. The van der Waals surface area contributed by atoms with E-state index in [0.717, 1.165) is 5.56 Å². The smallest absolute Gasteiger partial charge is 0.387 e. The molecule has 6 nitrogen and oxygen atoms in total. The molecule has 22 heavy (non-hydrogen) atoms. The molecule has 0 aliphatic heterocycles. The van der Waals surface area contributed by atoms with Gasteiger partial charge in [-0.15, -0.1) is 12.4 Å². The lowest BCUT2D eigenvalue weighted by atomic mass is 10.2. The highest BCUT2D eigenvalue weighted by Gasteiger charge is 2.11. The Morgan fingerprint density at radius 1 is 1.32 bits per heavy atom. The van der Waals surface area contributed by atoms with E-state index in [9.17, 15) is 18.4 Å². The maximum atomic E-state index is 12.0. The number of hydrogen-bond donors (Lipinski definition) is 2. The van der Waals surface area contributed by atoms with Crippen LogP contribution in [0, 0.1) is 0 Å². The summed E-state index contributed by atoms with van der Waals surface area (Å²) < 4.78 is 28.2. The van der Waals surface area contributed by atoms with Gasteiger partial charge in [-0.05, 0) is 17.7 Å². The van der Waals surface area contributed by atoms with Gasteiger partial charge in [-0.2, -0.15) is 8.78 Å². The number of benzene rings is 1. The molecule has 1 aromatic rings. The highest BCUT2D eigenvalue weighted by Crippen LogP contribution is 2.15. The van der Waals surface area contributed by atoms with E-state index in [1.165, 1.54) is 17.0 Å². The first-order valence-electron chi connectivity index (χ1n) is 6.17. The third-order valence-electron chi connectivity index (χ3n) is 2.62. The zero-order valence-corrected chi connectivity index (χ0v) is 12.7. The fourth-order valence-corrected chi connectivity index (χ4v) is 1.52. The van der Waals surface area contributed by atoms with Crippen LogP contribution >= 0.6 is 12.4 Å². The van der Waals surface area contributed by atoms with Crippen molar-refractivity contribution in [3.8, 4) is 5.75 Å². The zero-order valence-electron chi connectivity index (χ0n) is 11.9. The molecule has 0 unspecified atom stereocenters. The van der Waals surface area contributed by atoms with Crippen molar-refractivity contribution in [2.75, 3.05) is 20.1 Å². The summed E-state index contributed by atoms with van der Waals surface area (Å²) in [6.07, 6.45) is 0. The molecule has 1 aromatic carbocycles. The van der Waals surface area contributed by atoms with Crippen molar-refractivity contribution >= 4 is 24.2 Å². The van der Waals surface area contributed by atoms with Crippen molar-refractivity contribution in [3.63, 3.8) is 0 Å². The van der Waals surface area contributed by atoms with Crippen LogP contribution in [-0.2, 0) is 16.1 Å². The molecule has 0 spiro atoms. The number of likely N-dealkylation sites (N-methyl/N-ethyl adjacent to an activating group) is 1. The molecule has 0 radical (unpaired) electrons. The van der Waals surface area contributed by atoms with E-state index in [2.05, 4.69) is 10.1 Å². The highest BCUT2D eigenvalue weighted by atomic mass is 35.5. The third-order valence-corrected chi connectivity index (χ3v) is 2.62. The SMILES string of the molecule is CN(Cc1ccc(OC(F)F)cc1)C(=O)CNC(=O)CN.Cl. The summed E-state index contributed by atoms with van der Waals surface area (Å²) in [6, 6.07) is 5.96. The van der Waals surface area contributed by atoms with E-state index >= 15 is 0 Å².